The third kappa shape index (κ3) is 4.58. The summed E-state index contributed by atoms with van der Waals surface area (Å²) in [6, 6.07) is 8.29. The number of aliphatic hydroxyl groups is 2. The lowest BCUT2D eigenvalue weighted by molar-refractivity contribution is 0.107. The molecule has 0 aliphatic carbocycles. The highest BCUT2D eigenvalue weighted by Gasteiger charge is 2.25. The van der Waals surface area contributed by atoms with Crippen LogP contribution in [0.25, 0.3) is 0 Å². The Bertz CT molecular complexity index is 365. The van der Waals surface area contributed by atoms with Crippen molar-refractivity contribution >= 4 is 0 Å². The van der Waals surface area contributed by atoms with Crippen LogP contribution in [0, 0.1) is 6.92 Å². The van der Waals surface area contributed by atoms with Gasteiger partial charge in [-0.25, -0.2) is 0 Å². The van der Waals surface area contributed by atoms with E-state index in [1.54, 1.807) is 0 Å². The zero-order valence-corrected chi connectivity index (χ0v) is 11.9. The molecule has 2 atom stereocenters. The van der Waals surface area contributed by atoms with Gasteiger partial charge < -0.3 is 15.9 Å². The number of rotatable bonds is 8. The average molecular weight is 266 g/mol. The summed E-state index contributed by atoms with van der Waals surface area (Å²) in [6.07, 6.45) is 0.853. The van der Waals surface area contributed by atoms with Gasteiger partial charge in [-0.1, -0.05) is 36.8 Å². The van der Waals surface area contributed by atoms with Gasteiger partial charge in [-0.05, 0) is 18.9 Å². The predicted molar refractivity (Wildman–Crippen MR) is 77.9 cm³/mol. The molecule has 0 radical (unpaired) electrons. The summed E-state index contributed by atoms with van der Waals surface area (Å²) in [5, 5.41) is 18.4. The van der Waals surface area contributed by atoms with Crippen LogP contribution in [0.4, 0.5) is 0 Å². The van der Waals surface area contributed by atoms with Gasteiger partial charge in [0.05, 0.1) is 19.3 Å². The molecule has 0 aliphatic heterocycles. The molecule has 0 aromatic heterocycles. The number of benzene rings is 1. The minimum Gasteiger partial charge on any atom is -0.395 e. The Morgan fingerprint density at radius 1 is 1.21 bits per heavy atom. The van der Waals surface area contributed by atoms with E-state index < -0.39 is 0 Å². The summed E-state index contributed by atoms with van der Waals surface area (Å²) in [5.41, 5.74) is 8.60. The Hall–Kier alpha value is -0.940. The molecule has 0 heterocycles. The molecule has 1 aromatic rings. The average Bonchev–Trinajstić information content (AvgIpc) is 2.39. The van der Waals surface area contributed by atoms with Crippen molar-refractivity contribution in [3.05, 3.63) is 35.4 Å². The van der Waals surface area contributed by atoms with E-state index in [4.69, 9.17) is 5.73 Å². The van der Waals surface area contributed by atoms with Crippen molar-refractivity contribution in [2.75, 3.05) is 26.3 Å². The molecule has 2 unspecified atom stereocenters. The molecule has 0 saturated carbocycles. The van der Waals surface area contributed by atoms with Crippen molar-refractivity contribution in [3.8, 4) is 0 Å². The van der Waals surface area contributed by atoms with Crippen LogP contribution in [0.3, 0.4) is 0 Å². The maximum atomic E-state index is 9.20. The number of aryl methyl sites for hydroxylation is 1. The number of aliphatic hydroxyl groups excluding tert-OH is 2. The van der Waals surface area contributed by atoms with E-state index in [1.807, 2.05) is 6.07 Å². The molecule has 108 valence electrons. The molecule has 19 heavy (non-hydrogen) atoms. The highest BCUT2D eigenvalue weighted by atomic mass is 16.3. The summed E-state index contributed by atoms with van der Waals surface area (Å²) in [5.74, 6) is 0. The van der Waals surface area contributed by atoms with E-state index in [9.17, 15) is 10.2 Å². The van der Waals surface area contributed by atoms with E-state index in [-0.39, 0.29) is 25.3 Å². The Kier molecular flexibility index (Phi) is 7.02. The third-order valence-corrected chi connectivity index (χ3v) is 3.43. The second-order valence-electron chi connectivity index (χ2n) is 4.91. The zero-order chi connectivity index (χ0) is 14.3. The first-order valence-electron chi connectivity index (χ1n) is 6.92. The minimum absolute atomic E-state index is 0.0140. The largest absolute Gasteiger partial charge is 0.395 e. The fourth-order valence-electron chi connectivity index (χ4n) is 2.45. The summed E-state index contributed by atoms with van der Waals surface area (Å²) in [6.45, 7) is 5.29. The fourth-order valence-corrected chi connectivity index (χ4v) is 2.45. The Morgan fingerprint density at radius 3 is 2.32 bits per heavy atom. The van der Waals surface area contributed by atoms with Crippen molar-refractivity contribution in [1.29, 1.82) is 0 Å². The van der Waals surface area contributed by atoms with Crippen molar-refractivity contribution in [1.82, 2.24) is 4.90 Å². The first kappa shape index (κ1) is 16.1. The van der Waals surface area contributed by atoms with Gasteiger partial charge in [0.2, 0.25) is 0 Å². The molecule has 0 fully saturated rings. The van der Waals surface area contributed by atoms with Crippen molar-refractivity contribution in [2.45, 2.75) is 32.4 Å². The minimum atomic E-state index is -0.0140. The Labute approximate surface area is 115 Å². The number of hydrogen-bond acceptors (Lipinski definition) is 4. The lowest BCUT2D eigenvalue weighted by Gasteiger charge is -2.35. The predicted octanol–water partition coefficient (Wildman–Crippen LogP) is 1.06. The number of nitrogens with zero attached hydrogens (tertiary/aromatic N) is 1. The van der Waals surface area contributed by atoms with E-state index in [0.29, 0.717) is 13.1 Å². The molecule has 0 amide bonds. The van der Waals surface area contributed by atoms with Crippen LogP contribution in [0.15, 0.2) is 24.3 Å². The molecule has 0 spiro atoms. The molecule has 0 saturated heterocycles. The molecule has 4 nitrogen and oxygen atoms in total. The van der Waals surface area contributed by atoms with E-state index in [1.165, 1.54) is 5.56 Å². The van der Waals surface area contributed by atoms with E-state index >= 15 is 0 Å². The van der Waals surface area contributed by atoms with Gasteiger partial charge in [0.15, 0.2) is 0 Å². The summed E-state index contributed by atoms with van der Waals surface area (Å²) >= 11 is 0. The van der Waals surface area contributed by atoms with Crippen LogP contribution < -0.4 is 5.73 Å². The highest BCUT2D eigenvalue weighted by molar-refractivity contribution is 5.26. The van der Waals surface area contributed by atoms with Gasteiger partial charge in [-0.2, -0.15) is 0 Å². The lowest BCUT2D eigenvalue weighted by atomic mass is 9.95. The Morgan fingerprint density at radius 2 is 1.84 bits per heavy atom. The molecule has 1 rings (SSSR count). The molecule has 1 aromatic carbocycles. The molecule has 0 aliphatic rings. The zero-order valence-electron chi connectivity index (χ0n) is 11.9. The normalized spacial score (nSPS) is 14.6. The SMILES string of the molecule is CCC(N)C(c1cccc(C)c1)N(CCO)CCO. The van der Waals surface area contributed by atoms with Gasteiger partial charge >= 0.3 is 0 Å². The van der Waals surface area contributed by atoms with Crippen molar-refractivity contribution in [3.63, 3.8) is 0 Å². The molecular formula is C15H26N2O2. The van der Waals surface area contributed by atoms with Gasteiger partial charge in [0, 0.05) is 19.1 Å². The van der Waals surface area contributed by atoms with Crippen LogP contribution in [0.2, 0.25) is 0 Å². The number of hydrogen-bond donors (Lipinski definition) is 3. The van der Waals surface area contributed by atoms with Gasteiger partial charge in [0.1, 0.15) is 0 Å². The van der Waals surface area contributed by atoms with Crippen molar-refractivity contribution < 1.29 is 10.2 Å². The molecule has 4 heteroatoms. The second-order valence-corrected chi connectivity index (χ2v) is 4.91. The molecule has 0 bridgehead atoms. The standard InChI is InChI=1S/C15H26N2O2/c1-3-14(16)15(17(7-9-18)8-10-19)13-6-4-5-12(2)11-13/h4-6,11,14-15,18-19H,3,7-10,16H2,1-2H3. The molecular weight excluding hydrogens is 240 g/mol. The first-order chi connectivity index (χ1) is 9.13. The van der Waals surface area contributed by atoms with E-state index in [2.05, 4.69) is 36.9 Å². The Balaban J connectivity index is 3.04. The van der Waals surface area contributed by atoms with Gasteiger partial charge in [0.25, 0.3) is 0 Å². The summed E-state index contributed by atoms with van der Waals surface area (Å²) in [4.78, 5) is 2.06. The van der Waals surface area contributed by atoms with Crippen LogP contribution in [0.5, 0.6) is 0 Å². The van der Waals surface area contributed by atoms with Crippen molar-refractivity contribution in [2.24, 2.45) is 5.73 Å². The summed E-state index contributed by atoms with van der Waals surface area (Å²) in [7, 11) is 0. The van der Waals surface area contributed by atoms with Crippen LogP contribution in [0.1, 0.15) is 30.5 Å². The van der Waals surface area contributed by atoms with Crippen LogP contribution >= 0.6 is 0 Å². The van der Waals surface area contributed by atoms with Gasteiger partial charge in [-0.15, -0.1) is 0 Å². The number of nitrogens with two attached hydrogens (primary N) is 1. The maximum absolute atomic E-state index is 9.20. The fraction of sp³-hybridized carbons (Fsp3) is 0.600. The maximum Gasteiger partial charge on any atom is 0.0558 e. The monoisotopic (exact) mass is 266 g/mol. The quantitative estimate of drug-likeness (QED) is 0.658. The first-order valence-corrected chi connectivity index (χ1v) is 6.92. The van der Waals surface area contributed by atoms with E-state index in [0.717, 1.165) is 12.0 Å². The topological polar surface area (TPSA) is 69.7 Å². The molecule has 4 N–H and O–H groups in total. The lowest BCUT2D eigenvalue weighted by Crippen LogP contribution is -2.43. The summed E-state index contributed by atoms with van der Waals surface area (Å²) < 4.78 is 0. The van der Waals surface area contributed by atoms with Crippen LogP contribution in [-0.2, 0) is 0 Å². The highest BCUT2D eigenvalue weighted by Crippen LogP contribution is 2.25. The second kappa shape index (κ2) is 8.27. The van der Waals surface area contributed by atoms with Gasteiger partial charge in [-0.3, -0.25) is 4.90 Å². The third-order valence-electron chi connectivity index (χ3n) is 3.43. The van der Waals surface area contributed by atoms with Crippen LogP contribution in [-0.4, -0.2) is 47.5 Å². The smallest absolute Gasteiger partial charge is 0.0558 e.